The molecular formula is C15H19N3. The largest absolute Gasteiger partial charge is 0.379 e. The predicted octanol–water partition coefficient (Wildman–Crippen LogP) is 3.60. The Labute approximate surface area is 108 Å². The fourth-order valence-corrected chi connectivity index (χ4v) is 1.78. The number of nitrogens with one attached hydrogen (secondary N) is 1. The van der Waals surface area contributed by atoms with Crippen molar-refractivity contribution in [1.29, 1.82) is 0 Å². The van der Waals surface area contributed by atoms with Crippen molar-refractivity contribution in [2.45, 2.75) is 32.7 Å². The van der Waals surface area contributed by atoms with Crippen LogP contribution in [0.2, 0.25) is 0 Å². The maximum atomic E-state index is 4.23. The van der Waals surface area contributed by atoms with Crippen LogP contribution in [-0.4, -0.2) is 9.97 Å². The van der Waals surface area contributed by atoms with Gasteiger partial charge in [0.1, 0.15) is 0 Å². The molecule has 1 heterocycles. The number of aromatic nitrogens is 2. The Morgan fingerprint density at radius 1 is 1.17 bits per heavy atom. The monoisotopic (exact) mass is 241 g/mol. The predicted molar refractivity (Wildman–Crippen MR) is 74.5 cm³/mol. The van der Waals surface area contributed by atoms with Gasteiger partial charge in [0.25, 0.3) is 0 Å². The number of nitrogens with zero attached hydrogens (tertiary/aromatic N) is 2. The van der Waals surface area contributed by atoms with Crippen molar-refractivity contribution in [1.82, 2.24) is 9.97 Å². The Kier molecular flexibility index (Phi) is 4.29. The Morgan fingerprint density at radius 3 is 2.56 bits per heavy atom. The van der Waals surface area contributed by atoms with Crippen molar-refractivity contribution in [2.24, 2.45) is 0 Å². The fraction of sp³-hybridized carbons (Fsp3) is 0.333. The van der Waals surface area contributed by atoms with Gasteiger partial charge in [-0.25, -0.2) is 0 Å². The van der Waals surface area contributed by atoms with Crippen molar-refractivity contribution in [3.63, 3.8) is 0 Å². The standard InChI is InChI=1S/C15H19N3/c1-3-12(2)13-4-6-14(7-5-13)18-11-15-10-16-8-9-17-15/h4-10,12,18H,3,11H2,1-2H3. The second-order valence-electron chi connectivity index (χ2n) is 4.48. The van der Waals surface area contributed by atoms with Crippen LogP contribution in [0.5, 0.6) is 0 Å². The minimum atomic E-state index is 0.624. The van der Waals surface area contributed by atoms with Gasteiger partial charge in [-0.1, -0.05) is 26.0 Å². The number of rotatable bonds is 5. The molecule has 94 valence electrons. The summed E-state index contributed by atoms with van der Waals surface area (Å²) in [6, 6.07) is 8.62. The zero-order chi connectivity index (χ0) is 12.8. The van der Waals surface area contributed by atoms with Crippen LogP contribution in [0.1, 0.15) is 37.4 Å². The fourth-order valence-electron chi connectivity index (χ4n) is 1.78. The molecule has 0 bridgehead atoms. The Balaban J connectivity index is 1.94. The maximum Gasteiger partial charge on any atom is 0.0777 e. The highest BCUT2D eigenvalue weighted by Gasteiger charge is 2.02. The molecule has 3 heteroatoms. The molecule has 18 heavy (non-hydrogen) atoms. The third kappa shape index (κ3) is 3.29. The van der Waals surface area contributed by atoms with Gasteiger partial charge in [0.2, 0.25) is 0 Å². The number of anilines is 1. The molecule has 0 aliphatic rings. The summed E-state index contributed by atoms with van der Waals surface area (Å²) >= 11 is 0. The lowest BCUT2D eigenvalue weighted by atomic mass is 9.99. The molecule has 2 aromatic rings. The molecule has 1 atom stereocenters. The average molecular weight is 241 g/mol. The summed E-state index contributed by atoms with van der Waals surface area (Å²) < 4.78 is 0. The molecule has 0 radical (unpaired) electrons. The van der Waals surface area contributed by atoms with Crippen molar-refractivity contribution < 1.29 is 0 Å². The van der Waals surface area contributed by atoms with Crippen molar-refractivity contribution in [2.75, 3.05) is 5.32 Å². The molecule has 0 spiro atoms. The van der Waals surface area contributed by atoms with Crippen LogP contribution in [0.4, 0.5) is 5.69 Å². The average Bonchev–Trinajstić information content (AvgIpc) is 2.46. The zero-order valence-electron chi connectivity index (χ0n) is 10.9. The lowest BCUT2D eigenvalue weighted by Gasteiger charge is -2.10. The Bertz CT molecular complexity index is 465. The van der Waals surface area contributed by atoms with Crippen LogP contribution in [0.25, 0.3) is 0 Å². The van der Waals surface area contributed by atoms with Crippen LogP contribution in [-0.2, 0) is 6.54 Å². The first-order chi connectivity index (χ1) is 8.79. The van der Waals surface area contributed by atoms with Gasteiger partial charge < -0.3 is 5.32 Å². The van der Waals surface area contributed by atoms with E-state index < -0.39 is 0 Å². The summed E-state index contributed by atoms with van der Waals surface area (Å²) in [7, 11) is 0. The summed E-state index contributed by atoms with van der Waals surface area (Å²) in [5.74, 6) is 0.624. The first kappa shape index (κ1) is 12.6. The molecule has 0 amide bonds. The van der Waals surface area contributed by atoms with Gasteiger partial charge in [0, 0.05) is 18.1 Å². The van der Waals surface area contributed by atoms with E-state index in [-0.39, 0.29) is 0 Å². The smallest absolute Gasteiger partial charge is 0.0777 e. The highest BCUT2D eigenvalue weighted by atomic mass is 14.9. The summed E-state index contributed by atoms with van der Waals surface area (Å²) in [5, 5.41) is 3.34. The van der Waals surface area contributed by atoms with E-state index in [0.717, 1.165) is 11.4 Å². The topological polar surface area (TPSA) is 37.8 Å². The summed E-state index contributed by atoms with van der Waals surface area (Å²) in [6.07, 6.45) is 6.35. The minimum absolute atomic E-state index is 0.624. The Hall–Kier alpha value is -1.90. The first-order valence-corrected chi connectivity index (χ1v) is 6.38. The lowest BCUT2D eigenvalue weighted by Crippen LogP contribution is -2.02. The van der Waals surface area contributed by atoms with Crippen molar-refractivity contribution in [3.05, 3.63) is 54.1 Å². The molecule has 0 saturated heterocycles. The third-order valence-electron chi connectivity index (χ3n) is 3.18. The van der Waals surface area contributed by atoms with E-state index in [2.05, 4.69) is 53.4 Å². The van der Waals surface area contributed by atoms with Crippen LogP contribution in [0.3, 0.4) is 0 Å². The van der Waals surface area contributed by atoms with E-state index >= 15 is 0 Å². The van der Waals surface area contributed by atoms with E-state index in [1.807, 2.05) is 0 Å². The zero-order valence-corrected chi connectivity index (χ0v) is 10.9. The van der Waals surface area contributed by atoms with Gasteiger partial charge in [-0.15, -0.1) is 0 Å². The molecule has 1 aromatic carbocycles. The van der Waals surface area contributed by atoms with Gasteiger partial charge in [0.15, 0.2) is 0 Å². The van der Waals surface area contributed by atoms with E-state index in [0.29, 0.717) is 12.5 Å². The Morgan fingerprint density at radius 2 is 1.94 bits per heavy atom. The highest BCUT2D eigenvalue weighted by Crippen LogP contribution is 2.20. The molecule has 0 aliphatic heterocycles. The number of benzene rings is 1. The number of hydrogen-bond acceptors (Lipinski definition) is 3. The summed E-state index contributed by atoms with van der Waals surface area (Å²) in [4.78, 5) is 8.27. The van der Waals surface area contributed by atoms with Gasteiger partial charge >= 0.3 is 0 Å². The van der Waals surface area contributed by atoms with Gasteiger partial charge in [-0.2, -0.15) is 0 Å². The molecule has 2 rings (SSSR count). The first-order valence-electron chi connectivity index (χ1n) is 6.38. The van der Waals surface area contributed by atoms with Crippen molar-refractivity contribution >= 4 is 5.69 Å². The van der Waals surface area contributed by atoms with Crippen LogP contribution >= 0.6 is 0 Å². The van der Waals surface area contributed by atoms with E-state index in [1.165, 1.54) is 12.0 Å². The molecule has 0 fully saturated rings. The highest BCUT2D eigenvalue weighted by molar-refractivity contribution is 5.45. The normalized spacial score (nSPS) is 12.1. The molecule has 1 aromatic heterocycles. The molecule has 1 unspecified atom stereocenters. The maximum absolute atomic E-state index is 4.23. The molecule has 3 nitrogen and oxygen atoms in total. The van der Waals surface area contributed by atoms with E-state index in [4.69, 9.17) is 0 Å². The van der Waals surface area contributed by atoms with Crippen molar-refractivity contribution in [3.8, 4) is 0 Å². The molecule has 0 saturated carbocycles. The van der Waals surface area contributed by atoms with Gasteiger partial charge in [-0.3, -0.25) is 9.97 Å². The summed E-state index contributed by atoms with van der Waals surface area (Å²) in [6.45, 7) is 5.17. The second-order valence-corrected chi connectivity index (χ2v) is 4.48. The van der Waals surface area contributed by atoms with E-state index in [1.54, 1.807) is 18.6 Å². The van der Waals surface area contributed by atoms with Gasteiger partial charge in [-0.05, 0) is 30.0 Å². The lowest BCUT2D eigenvalue weighted by molar-refractivity contribution is 0.734. The van der Waals surface area contributed by atoms with Crippen LogP contribution in [0.15, 0.2) is 42.9 Å². The molecular weight excluding hydrogens is 222 g/mol. The van der Waals surface area contributed by atoms with Crippen LogP contribution < -0.4 is 5.32 Å². The summed E-state index contributed by atoms with van der Waals surface area (Å²) in [5.41, 5.74) is 3.46. The molecule has 1 N–H and O–H groups in total. The van der Waals surface area contributed by atoms with Crippen LogP contribution in [0, 0.1) is 0 Å². The van der Waals surface area contributed by atoms with Gasteiger partial charge in [0.05, 0.1) is 18.4 Å². The van der Waals surface area contributed by atoms with E-state index in [9.17, 15) is 0 Å². The third-order valence-corrected chi connectivity index (χ3v) is 3.18. The number of hydrogen-bond donors (Lipinski definition) is 1. The SMILES string of the molecule is CCC(C)c1ccc(NCc2cnccn2)cc1. The quantitative estimate of drug-likeness (QED) is 0.869. The minimum Gasteiger partial charge on any atom is -0.379 e. The molecule has 0 aliphatic carbocycles. The second kappa shape index (κ2) is 6.15.